The summed E-state index contributed by atoms with van der Waals surface area (Å²) >= 11 is 0. The number of ether oxygens (including phenoxy) is 2. The molecule has 0 saturated heterocycles. The van der Waals surface area contributed by atoms with Gasteiger partial charge in [0.15, 0.2) is 0 Å². The van der Waals surface area contributed by atoms with Crippen LogP contribution in [-0.2, 0) is 24.6 Å². The van der Waals surface area contributed by atoms with Gasteiger partial charge >= 0.3 is 0 Å². The predicted octanol–water partition coefficient (Wildman–Crippen LogP) is 7.80. The molecule has 0 fully saturated rings. The highest BCUT2D eigenvalue weighted by Crippen LogP contribution is 2.56. The van der Waals surface area contributed by atoms with Gasteiger partial charge in [-0.1, -0.05) is 86.0 Å². The summed E-state index contributed by atoms with van der Waals surface area (Å²) in [7, 11) is 0. The van der Waals surface area contributed by atoms with Gasteiger partial charge in [-0.15, -0.1) is 0 Å². The lowest BCUT2D eigenvalue weighted by Crippen LogP contribution is -2.28. The molecule has 6 heteroatoms. The van der Waals surface area contributed by atoms with Gasteiger partial charge in [-0.25, -0.2) is 0 Å². The van der Waals surface area contributed by atoms with Gasteiger partial charge < -0.3 is 9.47 Å². The van der Waals surface area contributed by atoms with E-state index in [9.17, 15) is 19.2 Å². The lowest BCUT2D eigenvalue weighted by molar-refractivity contribution is -0.134. The number of rotatable bonds is 16. The normalized spacial score (nSPS) is 12.4. The van der Waals surface area contributed by atoms with E-state index in [1.54, 1.807) is 0 Å². The Labute approximate surface area is 275 Å². The van der Waals surface area contributed by atoms with Crippen LogP contribution in [0.3, 0.4) is 0 Å². The van der Waals surface area contributed by atoms with Crippen LogP contribution in [0.2, 0.25) is 0 Å². The third-order valence-electron chi connectivity index (χ3n) is 8.44. The first-order valence-corrected chi connectivity index (χ1v) is 15.8. The minimum atomic E-state index is -0.602. The molecule has 0 unspecified atom stereocenters. The van der Waals surface area contributed by atoms with Crippen molar-refractivity contribution in [1.82, 2.24) is 0 Å². The number of hydrogen-bond acceptors (Lipinski definition) is 6. The summed E-state index contributed by atoms with van der Waals surface area (Å²) in [6.07, 6.45) is 1.10. The van der Waals surface area contributed by atoms with Crippen LogP contribution in [0.1, 0.15) is 61.8 Å². The van der Waals surface area contributed by atoms with E-state index in [1.807, 2.05) is 24.3 Å². The summed E-state index contributed by atoms with van der Waals surface area (Å²) in [5.74, 6) is -0.597. The zero-order chi connectivity index (χ0) is 33.6. The summed E-state index contributed by atoms with van der Waals surface area (Å²) in [6.45, 7) is 10.8. The number of carbonyl (C=O) groups excluding carboxylic acids is 4. The molecular weight excluding hydrogens is 588 g/mol. The second-order valence-electron chi connectivity index (χ2n) is 11.9. The van der Waals surface area contributed by atoms with E-state index >= 15 is 0 Å². The van der Waals surface area contributed by atoms with Crippen LogP contribution in [0.15, 0.2) is 121 Å². The maximum Gasteiger partial charge on any atom is 0.223 e. The molecule has 0 bridgehead atoms. The summed E-state index contributed by atoms with van der Waals surface area (Å²) in [5, 5.41) is 0. The molecule has 4 aromatic carbocycles. The molecule has 1 aliphatic rings. The van der Waals surface area contributed by atoms with Gasteiger partial charge in [0, 0.05) is 12.8 Å². The number of carbonyl (C=O) groups is 4. The summed E-state index contributed by atoms with van der Waals surface area (Å²) in [6, 6.07) is 33.0. The van der Waals surface area contributed by atoms with Crippen LogP contribution in [-0.4, -0.2) is 36.3 Å². The fraction of sp³-hybridized carbons (Fsp3) is 0.220. The molecule has 0 radical (unpaired) electrons. The quantitative estimate of drug-likeness (QED) is 0.0631. The molecule has 1 aliphatic carbocycles. The minimum Gasteiger partial charge on any atom is -0.494 e. The third-order valence-corrected chi connectivity index (χ3v) is 8.44. The van der Waals surface area contributed by atoms with Crippen molar-refractivity contribution < 1.29 is 28.7 Å². The van der Waals surface area contributed by atoms with Crippen molar-refractivity contribution >= 4 is 23.1 Å². The predicted molar refractivity (Wildman–Crippen MR) is 183 cm³/mol. The Balaban J connectivity index is 1.39. The Morgan fingerprint density at radius 2 is 0.915 bits per heavy atom. The minimum absolute atomic E-state index is 0.118. The van der Waals surface area contributed by atoms with Crippen molar-refractivity contribution in [3.05, 3.63) is 144 Å². The molecule has 0 N–H and O–H groups in total. The zero-order valence-electron chi connectivity index (χ0n) is 26.8. The summed E-state index contributed by atoms with van der Waals surface area (Å²) in [5.41, 5.74) is 6.72. The average molecular weight is 627 g/mol. The van der Waals surface area contributed by atoms with Crippen molar-refractivity contribution in [2.45, 2.75) is 44.9 Å². The number of benzene rings is 4. The molecule has 6 nitrogen and oxygen atoms in total. The summed E-state index contributed by atoms with van der Waals surface area (Å²) < 4.78 is 11.9. The standard InChI is InChI=1S/C41H38O6/c1-27(2)39(44)37(42)15-9-25-46-31-21-17-29(18-22-31)41(35-13-7-5-11-33(35)34-12-6-8-14-36(34)41)30-19-23-32(24-20-30)47-26-10-16-38(43)40(45)28(3)4/h5-8,11-14,17-24H,1,3,9-10,15-16,25-26H2,2,4H3. The van der Waals surface area contributed by atoms with Crippen LogP contribution in [0, 0.1) is 0 Å². The SMILES string of the molecule is C=C(C)C(=O)C(=O)CCCOc1ccc(C2(c3ccc(OCCCC(=O)C(=O)C(=C)C)cc3)c3ccccc3-c3ccccc32)cc1. The zero-order valence-corrected chi connectivity index (χ0v) is 26.8. The van der Waals surface area contributed by atoms with E-state index in [4.69, 9.17) is 9.47 Å². The fourth-order valence-electron chi connectivity index (χ4n) is 6.17. The number of Topliss-reactive ketones (excluding diaryl/α,β-unsaturated/α-hetero) is 4. The first-order valence-electron chi connectivity index (χ1n) is 15.8. The number of allylic oxidation sites excluding steroid dienone is 2. The van der Waals surface area contributed by atoms with E-state index in [0.29, 0.717) is 37.6 Å². The monoisotopic (exact) mass is 626 g/mol. The Kier molecular flexibility index (Phi) is 10.1. The molecule has 0 spiro atoms. The molecule has 0 aliphatic heterocycles. The van der Waals surface area contributed by atoms with Gasteiger partial charge in [-0.05, 0) is 95.5 Å². The fourth-order valence-corrected chi connectivity index (χ4v) is 6.17. The van der Waals surface area contributed by atoms with E-state index in [1.165, 1.54) is 36.1 Å². The van der Waals surface area contributed by atoms with Crippen LogP contribution >= 0.6 is 0 Å². The highest BCUT2D eigenvalue weighted by atomic mass is 16.5. The first kappa shape index (κ1) is 33.0. The maximum atomic E-state index is 12.0. The van der Waals surface area contributed by atoms with Gasteiger partial charge in [0.1, 0.15) is 11.5 Å². The molecule has 0 saturated carbocycles. The molecule has 5 rings (SSSR count). The topological polar surface area (TPSA) is 86.7 Å². The Hall–Kier alpha value is -5.36. The Morgan fingerprint density at radius 3 is 1.28 bits per heavy atom. The van der Waals surface area contributed by atoms with Crippen molar-refractivity contribution in [3.63, 3.8) is 0 Å². The van der Waals surface area contributed by atoms with E-state index in [2.05, 4.69) is 86.0 Å². The van der Waals surface area contributed by atoms with Gasteiger partial charge in [0.2, 0.25) is 23.1 Å². The number of fused-ring (bicyclic) bond motifs is 3. The lowest BCUT2D eigenvalue weighted by Gasteiger charge is -2.34. The van der Waals surface area contributed by atoms with Crippen molar-refractivity contribution in [3.8, 4) is 22.6 Å². The van der Waals surface area contributed by atoms with E-state index in [0.717, 1.165) is 11.1 Å². The average Bonchev–Trinajstić information content (AvgIpc) is 3.39. The molecule has 47 heavy (non-hydrogen) atoms. The maximum absolute atomic E-state index is 12.0. The third kappa shape index (κ3) is 6.77. The molecule has 4 aromatic rings. The Bertz CT molecular complexity index is 1710. The molecule has 0 atom stereocenters. The molecule has 0 aromatic heterocycles. The highest BCUT2D eigenvalue weighted by Gasteiger charge is 2.45. The van der Waals surface area contributed by atoms with Crippen molar-refractivity contribution in [2.75, 3.05) is 13.2 Å². The number of hydrogen-bond donors (Lipinski definition) is 0. The largest absolute Gasteiger partial charge is 0.494 e. The molecule has 0 heterocycles. The summed E-state index contributed by atoms with van der Waals surface area (Å²) in [4.78, 5) is 47.6. The molecular formula is C41H38O6. The lowest BCUT2D eigenvalue weighted by atomic mass is 9.68. The van der Waals surface area contributed by atoms with Gasteiger partial charge in [-0.2, -0.15) is 0 Å². The van der Waals surface area contributed by atoms with E-state index in [-0.39, 0.29) is 24.0 Å². The van der Waals surface area contributed by atoms with Crippen molar-refractivity contribution in [1.29, 1.82) is 0 Å². The van der Waals surface area contributed by atoms with Crippen molar-refractivity contribution in [2.24, 2.45) is 0 Å². The molecule has 238 valence electrons. The van der Waals surface area contributed by atoms with Crippen LogP contribution in [0.25, 0.3) is 11.1 Å². The van der Waals surface area contributed by atoms with Gasteiger partial charge in [-0.3, -0.25) is 19.2 Å². The molecule has 0 amide bonds. The second kappa shape index (κ2) is 14.4. The van der Waals surface area contributed by atoms with Crippen LogP contribution < -0.4 is 9.47 Å². The van der Waals surface area contributed by atoms with Gasteiger partial charge in [0.05, 0.1) is 18.6 Å². The van der Waals surface area contributed by atoms with E-state index < -0.39 is 28.5 Å². The van der Waals surface area contributed by atoms with Crippen LogP contribution in [0.4, 0.5) is 0 Å². The Morgan fingerprint density at radius 1 is 0.553 bits per heavy atom. The smallest absolute Gasteiger partial charge is 0.223 e. The first-order chi connectivity index (χ1) is 22.6. The van der Waals surface area contributed by atoms with Crippen LogP contribution in [0.5, 0.6) is 11.5 Å². The van der Waals surface area contributed by atoms with Gasteiger partial charge in [0.25, 0.3) is 0 Å². The highest BCUT2D eigenvalue weighted by molar-refractivity contribution is 6.43. The number of ketones is 4. The second-order valence-corrected chi connectivity index (χ2v) is 11.9.